The van der Waals surface area contributed by atoms with Gasteiger partial charge in [0.15, 0.2) is 0 Å². The number of aliphatic hydroxyl groups is 1. The summed E-state index contributed by atoms with van der Waals surface area (Å²) in [5.41, 5.74) is 5.37. The summed E-state index contributed by atoms with van der Waals surface area (Å²) in [4.78, 5) is 10.5. The van der Waals surface area contributed by atoms with Gasteiger partial charge in [0.2, 0.25) is 0 Å². The van der Waals surface area contributed by atoms with Gasteiger partial charge in [-0.2, -0.15) is 0 Å². The van der Waals surface area contributed by atoms with Crippen LogP contribution in [-0.2, 0) is 4.79 Å². The monoisotopic (exact) mass is 216 g/mol. The predicted octanol–water partition coefficient (Wildman–Crippen LogP) is -0.319. The standard InChI is InChI=1S/C10H20N2O3/c11-7(10(14)15)6-12-8-4-2-1-3-5-9(8)13/h7-9,12-13H,1-6,11H2,(H,14,15). The van der Waals surface area contributed by atoms with Gasteiger partial charge in [0.1, 0.15) is 6.04 Å². The second-order valence-electron chi connectivity index (χ2n) is 4.16. The molecule has 0 spiro atoms. The molecule has 1 rings (SSSR count). The molecule has 5 heteroatoms. The molecule has 0 aromatic rings. The Morgan fingerprint density at radius 2 is 2.07 bits per heavy atom. The molecule has 88 valence electrons. The second kappa shape index (κ2) is 6.05. The van der Waals surface area contributed by atoms with Gasteiger partial charge in [-0.25, -0.2) is 0 Å². The third kappa shape index (κ3) is 4.15. The van der Waals surface area contributed by atoms with Gasteiger partial charge >= 0.3 is 5.97 Å². The van der Waals surface area contributed by atoms with Gasteiger partial charge in [0, 0.05) is 12.6 Å². The molecule has 1 aliphatic carbocycles. The third-order valence-electron chi connectivity index (χ3n) is 2.90. The Labute approximate surface area is 89.7 Å². The van der Waals surface area contributed by atoms with E-state index in [1.165, 1.54) is 0 Å². The molecule has 0 radical (unpaired) electrons. The van der Waals surface area contributed by atoms with Crippen LogP contribution in [0.15, 0.2) is 0 Å². The molecule has 5 N–H and O–H groups in total. The number of rotatable bonds is 4. The highest BCUT2D eigenvalue weighted by molar-refractivity contribution is 5.73. The number of aliphatic hydroxyl groups excluding tert-OH is 1. The van der Waals surface area contributed by atoms with Crippen LogP contribution >= 0.6 is 0 Å². The van der Waals surface area contributed by atoms with Crippen molar-refractivity contribution in [2.45, 2.75) is 50.3 Å². The molecule has 0 bridgehead atoms. The SMILES string of the molecule is NC(CNC1CCCCCC1O)C(=O)O. The van der Waals surface area contributed by atoms with E-state index in [-0.39, 0.29) is 18.7 Å². The Balaban J connectivity index is 2.32. The van der Waals surface area contributed by atoms with E-state index in [1.54, 1.807) is 0 Å². The smallest absolute Gasteiger partial charge is 0.321 e. The van der Waals surface area contributed by atoms with Crippen LogP contribution in [0.4, 0.5) is 0 Å². The minimum absolute atomic E-state index is 0.00194. The molecular weight excluding hydrogens is 196 g/mol. The van der Waals surface area contributed by atoms with Gasteiger partial charge in [0.05, 0.1) is 6.10 Å². The third-order valence-corrected chi connectivity index (χ3v) is 2.90. The average molecular weight is 216 g/mol. The van der Waals surface area contributed by atoms with Gasteiger partial charge in [-0.1, -0.05) is 19.3 Å². The van der Waals surface area contributed by atoms with E-state index in [0.717, 1.165) is 32.1 Å². The molecular formula is C10H20N2O3. The van der Waals surface area contributed by atoms with Crippen LogP contribution in [0.1, 0.15) is 32.1 Å². The molecule has 0 aromatic heterocycles. The van der Waals surface area contributed by atoms with Crippen LogP contribution in [0.2, 0.25) is 0 Å². The number of hydrogen-bond donors (Lipinski definition) is 4. The number of nitrogens with one attached hydrogen (secondary N) is 1. The van der Waals surface area contributed by atoms with Crippen LogP contribution in [0.3, 0.4) is 0 Å². The molecule has 3 unspecified atom stereocenters. The fourth-order valence-electron chi connectivity index (χ4n) is 1.89. The average Bonchev–Trinajstić information content (AvgIpc) is 2.39. The Morgan fingerprint density at radius 3 is 2.73 bits per heavy atom. The largest absolute Gasteiger partial charge is 0.480 e. The van der Waals surface area contributed by atoms with Crippen LogP contribution in [0.25, 0.3) is 0 Å². The number of carboxylic acids is 1. The van der Waals surface area contributed by atoms with Crippen molar-refractivity contribution in [1.82, 2.24) is 5.32 Å². The number of hydrogen-bond acceptors (Lipinski definition) is 4. The van der Waals surface area contributed by atoms with Crippen molar-refractivity contribution in [3.8, 4) is 0 Å². The highest BCUT2D eigenvalue weighted by Gasteiger charge is 2.22. The van der Waals surface area contributed by atoms with Crippen molar-refractivity contribution in [3.05, 3.63) is 0 Å². The van der Waals surface area contributed by atoms with Crippen molar-refractivity contribution >= 4 is 5.97 Å². The fraction of sp³-hybridized carbons (Fsp3) is 0.900. The fourth-order valence-corrected chi connectivity index (χ4v) is 1.89. The lowest BCUT2D eigenvalue weighted by Gasteiger charge is -2.22. The molecule has 0 aliphatic heterocycles. The van der Waals surface area contributed by atoms with E-state index < -0.39 is 12.0 Å². The molecule has 0 heterocycles. The van der Waals surface area contributed by atoms with E-state index in [1.807, 2.05) is 0 Å². The highest BCUT2D eigenvalue weighted by atomic mass is 16.4. The van der Waals surface area contributed by atoms with Gasteiger partial charge in [-0.15, -0.1) is 0 Å². The normalized spacial score (nSPS) is 29.5. The van der Waals surface area contributed by atoms with E-state index in [0.29, 0.717) is 0 Å². The number of carbonyl (C=O) groups is 1. The zero-order chi connectivity index (χ0) is 11.3. The topological polar surface area (TPSA) is 95.6 Å². The van der Waals surface area contributed by atoms with E-state index in [4.69, 9.17) is 10.8 Å². The van der Waals surface area contributed by atoms with Crippen LogP contribution in [0.5, 0.6) is 0 Å². The maximum atomic E-state index is 10.5. The Morgan fingerprint density at radius 1 is 1.40 bits per heavy atom. The van der Waals surface area contributed by atoms with Gasteiger partial charge < -0.3 is 21.3 Å². The number of aliphatic carboxylic acids is 1. The second-order valence-corrected chi connectivity index (χ2v) is 4.16. The van der Waals surface area contributed by atoms with Crippen molar-refractivity contribution in [2.24, 2.45) is 5.73 Å². The summed E-state index contributed by atoms with van der Waals surface area (Å²) >= 11 is 0. The lowest BCUT2D eigenvalue weighted by Crippen LogP contribution is -2.47. The van der Waals surface area contributed by atoms with E-state index in [9.17, 15) is 9.90 Å². The highest BCUT2D eigenvalue weighted by Crippen LogP contribution is 2.17. The molecule has 1 saturated carbocycles. The van der Waals surface area contributed by atoms with Crippen molar-refractivity contribution in [3.63, 3.8) is 0 Å². The van der Waals surface area contributed by atoms with Crippen molar-refractivity contribution in [1.29, 1.82) is 0 Å². The molecule has 0 aromatic carbocycles. The summed E-state index contributed by atoms with van der Waals surface area (Å²) in [5, 5.41) is 21.4. The van der Waals surface area contributed by atoms with Crippen LogP contribution in [0, 0.1) is 0 Å². The van der Waals surface area contributed by atoms with E-state index >= 15 is 0 Å². The van der Waals surface area contributed by atoms with Crippen molar-refractivity contribution in [2.75, 3.05) is 6.54 Å². The first-order valence-electron chi connectivity index (χ1n) is 5.51. The summed E-state index contributed by atoms with van der Waals surface area (Å²) in [6.45, 7) is 0.219. The maximum Gasteiger partial charge on any atom is 0.321 e. The molecule has 0 amide bonds. The summed E-state index contributed by atoms with van der Waals surface area (Å²) in [7, 11) is 0. The molecule has 3 atom stereocenters. The summed E-state index contributed by atoms with van der Waals surface area (Å²) < 4.78 is 0. The number of nitrogens with two attached hydrogens (primary N) is 1. The van der Waals surface area contributed by atoms with Crippen LogP contribution in [-0.4, -0.2) is 40.9 Å². The maximum absolute atomic E-state index is 10.5. The predicted molar refractivity (Wildman–Crippen MR) is 56.5 cm³/mol. The van der Waals surface area contributed by atoms with E-state index in [2.05, 4.69) is 5.32 Å². The summed E-state index contributed by atoms with van der Waals surface area (Å²) in [5.74, 6) is -1.01. The van der Waals surface area contributed by atoms with Crippen LogP contribution < -0.4 is 11.1 Å². The minimum atomic E-state index is -1.01. The van der Waals surface area contributed by atoms with Gasteiger partial charge in [0.25, 0.3) is 0 Å². The van der Waals surface area contributed by atoms with Crippen molar-refractivity contribution < 1.29 is 15.0 Å². The van der Waals surface area contributed by atoms with Gasteiger partial charge in [-0.3, -0.25) is 4.79 Å². The Bertz CT molecular complexity index is 211. The molecule has 1 aliphatic rings. The Kier molecular flexibility index (Phi) is 5.01. The summed E-state index contributed by atoms with van der Waals surface area (Å²) in [6, 6.07) is -0.890. The molecule has 5 nitrogen and oxygen atoms in total. The molecule has 15 heavy (non-hydrogen) atoms. The molecule has 1 fully saturated rings. The summed E-state index contributed by atoms with van der Waals surface area (Å²) in [6.07, 6.45) is 4.59. The number of carboxylic acid groups (broad SMARTS) is 1. The molecule has 0 saturated heterocycles. The zero-order valence-corrected chi connectivity index (χ0v) is 8.85. The zero-order valence-electron chi connectivity index (χ0n) is 8.85. The quantitative estimate of drug-likeness (QED) is 0.483. The lowest BCUT2D eigenvalue weighted by atomic mass is 10.1. The first kappa shape index (κ1) is 12.4. The lowest BCUT2D eigenvalue weighted by molar-refractivity contribution is -0.138. The minimum Gasteiger partial charge on any atom is -0.480 e. The Hall–Kier alpha value is -0.650. The first-order chi connectivity index (χ1) is 7.11. The van der Waals surface area contributed by atoms with Gasteiger partial charge in [-0.05, 0) is 12.8 Å². The first-order valence-corrected chi connectivity index (χ1v) is 5.51.